The van der Waals surface area contributed by atoms with Gasteiger partial charge in [-0.15, -0.1) is 0 Å². The number of rotatable bonds is 6. The van der Waals surface area contributed by atoms with E-state index in [2.05, 4.69) is 10.3 Å². The van der Waals surface area contributed by atoms with Gasteiger partial charge in [0.15, 0.2) is 0 Å². The second-order valence-electron chi connectivity index (χ2n) is 6.88. The van der Waals surface area contributed by atoms with Crippen molar-refractivity contribution in [3.8, 4) is 0 Å². The van der Waals surface area contributed by atoms with Gasteiger partial charge in [0.1, 0.15) is 5.65 Å². The minimum atomic E-state index is -0.197. The SMILES string of the molecule is O=C(NCCc1cn2ccccc2n1)[C@H]1CC(=O)N(CC2CC2)C1. The molecule has 1 aliphatic carbocycles. The average Bonchev–Trinajstić information content (AvgIpc) is 3.17. The van der Waals surface area contributed by atoms with Crippen LogP contribution in [0.25, 0.3) is 5.65 Å². The first kappa shape index (κ1) is 15.2. The minimum Gasteiger partial charge on any atom is -0.355 e. The van der Waals surface area contributed by atoms with Crippen LogP contribution in [0.4, 0.5) is 0 Å². The van der Waals surface area contributed by atoms with E-state index in [0.717, 1.165) is 17.9 Å². The van der Waals surface area contributed by atoms with Gasteiger partial charge in [0.2, 0.25) is 11.8 Å². The predicted molar refractivity (Wildman–Crippen MR) is 89.3 cm³/mol. The lowest BCUT2D eigenvalue weighted by Gasteiger charge is -2.15. The summed E-state index contributed by atoms with van der Waals surface area (Å²) in [7, 11) is 0. The summed E-state index contributed by atoms with van der Waals surface area (Å²) in [4.78, 5) is 30.7. The van der Waals surface area contributed by atoms with Crippen molar-refractivity contribution in [3.05, 3.63) is 36.3 Å². The molecule has 0 radical (unpaired) electrons. The van der Waals surface area contributed by atoms with E-state index in [1.54, 1.807) is 0 Å². The van der Waals surface area contributed by atoms with Gasteiger partial charge in [-0.1, -0.05) is 6.07 Å². The molecular formula is C18H22N4O2. The van der Waals surface area contributed by atoms with E-state index in [1.807, 2.05) is 39.9 Å². The van der Waals surface area contributed by atoms with Crippen LogP contribution < -0.4 is 5.32 Å². The van der Waals surface area contributed by atoms with Gasteiger partial charge in [-0.2, -0.15) is 0 Å². The Morgan fingerprint density at radius 1 is 1.33 bits per heavy atom. The lowest BCUT2D eigenvalue weighted by atomic mass is 10.1. The molecule has 1 saturated heterocycles. The van der Waals surface area contributed by atoms with Crippen LogP contribution in [0.5, 0.6) is 0 Å². The highest BCUT2D eigenvalue weighted by molar-refractivity contribution is 5.89. The molecule has 1 saturated carbocycles. The van der Waals surface area contributed by atoms with E-state index in [-0.39, 0.29) is 17.7 Å². The molecule has 2 amide bonds. The molecule has 6 nitrogen and oxygen atoms in total. The zero-order valence-electron chi connectivity index (χ0n) is 13.6. The monoisotopic (exact) mass is 326 g/mol. The highest BCUT2D eigenvalue weighted by Crippen LogP contribution is 2.31. The van der Waals surface area contributed by atoms with Crippen LogP contribution in [0.15, 0.2) is 30.6 Å². The fourth-order valence-corrected chi connectivity index (χ4v) is 3.30. The van der Waals surface area contributed by atoms with Gasteiger partial charge >= 0.3 is 0 Å². The fraction of sp³-hybridized carbons (Fsp3) is 0.500. The molecule has 24 heavy (non-hydrogen) atoms. The molecule has 1 N–H and O–H groups in total. The van der Waals surface area contributed by atoms with Crippen LogP contribution in [0.3, 0.4) is 0 Å². The molecule has 0 unspecified atom stereocenters. The second kappa shape index (κ2) is 6.26. The number of fused-ring (bicyclic) bond motifs is 1. The first-order valence-corrected chi connectivity index (χ1v) is 8.67. The molecule has 1 atom stereocenters. The zero-order chi connectivity index (χ0) is 16.5. The third kappa shape index (κ3) is 3.27. The fourth-order valence-electron chi connectivity index (χ4n) is 3.30. The molecule has 2 aliphatic rings. The van der Waals surface area contributed by atoms with Crippen molar-refractivity contribution in [2.45, 2.75) is 25.7 Å². The molecule has 4 rings (SSSR count). The molecule has 6 heteroatoms. The maximum absolute atomic E-state index is 12.3. The molecule has 0 aromatic carbocycles. The van der Waals surface area contributed by atoms with E-state index in [9.17, 15) is 9.59 Å². The Balaban J connectivity index is 1.26. The first-order chi connectivity index (χ1) is 11.7. The predicted octanol–water partition coefficient (Wildman–Crippen LogP) is 1.25. The normalized spacial score (nSPS) is 20.8. The Morgan fingerprint density at radius 3 is 3.00 bits per heavy atom. The van der Waals surface area contributed by atoms with Crippen LogP contribution >= 0.6 is 0 Å². The molecule has 1 aliphatic heterocycles. The Kier molecular flexibility index (Phi) is 3.96. The van der Waals surface area contributed by atoms with Crippen molar-refractivity contribution < 1.29 is 9.59 Å². The van der Waals surface area contributed by atoms with Crippen molar-refractivity contribution in [2.75, 3.05) is 19.6 Å². The smallest absolute Gasteiger partial charge is 0.225 e. The summed E-state index contributed by atoms with van der Waals surface area (Å²) >= 11 is 0. The van der Waals surface area contributed by atoms with Gasteiger partial charge < -0.3 is 14.6 Å². The summed E-state index contributed by atoms with van der Waals surface area (Å²) in [5.74, 6) is 0.593. The number of imidazole rings is 1. The molecule has 2 aromatic rings. The Bertz CT molecular complexity index is 732. The average molecular weight is 326 g/mol. The van der Waals surface area contributed by atoms with Crippen molar-refractivity contribution >= 4 is 17.5 Å². The van der Waals surface area contributed by atoms with Gasteiger partial charge in [0.05, 0.1) is 11.6 Å². The number of nitrogens with one attached hydrogen (secondary N) is 1. The van der Waals surface area contributed by atoms with Crippen LogP contribution in [0.1, 0.15) is 25.0 Å². The van der Waals surface area contributed by atoms with E-state index < -0.39 is 0 Å². The zero-order valence-corrected chi connectivity index (χ0v) is 13.6. The van der Waals surface area contributed by atoms with E-state index in [1.165, 1.54) is 12.8 Å². The third-order valence-electron chi connectivity index (χ3n) is 4.86. The molecule has 3 heterocycles. The number of hydrogen-bond donors (Lipinski definition) is 1. The summed E-state index contributed by atoms with van der Waals surface area (Å²) < 4.78 is 1.97. The van der Waals surface area contributed by atoms with Crippen molar-refractivity contribution in [2.24, 2.45) is 11.8 Å². The van der Waals surface area contributed by atoms with E-state index >= 15 is 0 Å². The largest absolute Gasteiger partial charge is 0.355 e. The van der Waals surface area contributed by atoms with Gasteiger partial charge in [-0.05, 0) is 30.9 Å². The quantitative estimate of drug-likeness (QED) is 0.869. The number of carbonyl (C=O) groups excluding carboxylic acids is 2. The van der Waals surface area contributed by atoms with Crippen LogP contribution in [-0.2, 0) is 16.0 Å². The van der Waals surface area contributed by atoms with Gasteiger partial charge in [-0.25, -0.2) is 4.98 Å². The third-order valence-corrected chi connectivity index (χ3v) is 4.86. The van der Waals surface area contributed by atoms with Gasteiger partial charge in [0, 0.05) is 44.9 Å². The van der Waals surface area contributed by atoms with Gasteiger partial charge in [0.25, 0.3) is 0 Å². The lowest BCUT2D eigenvalue weighted by molar-refractivity contribution is -0.129. The molecular weight excluding hydrogens is 304 g/mol. The number of hydrogen-bond acceptors (Lipinski definition) is 3. The van der Waals surface area contributed by atoms with E-state index in [0.29, 0.717) is 31.8 Å². The maximum atomic E-state index is 12.3. The van der Waals surface area contributed by atoms with Gasteiger partial charge in [-0.3, -0.25) is 9.59 Å². The van der Waals surface area contributed by atoms with Crippen molar-refractivity contribution in [1.29, 1.82) is 0 Å². The Hall–Kier alpha value is -2.37. The Morgan fingerprint density at radius 2 is 2.21 bits per heavy atom. The molecule has 0 spiro atoms. The number of likely N-dealkylation sites (tertiary alicyclic amines) is 1. The maximum Gasteiger partial charge on any atom is 0.225 e. The number of amides is 2. The molecule has 2 fully saturated rings. The summed E-state index contributed by atoms with van der Waals surface area (Å²) in [6, 6.07) is 5.88. The number of aromatic nitrogens is 2. The molecule has 0 bridgehead atoms. The summed E-state index contributed by atoms with van der Waals surface area (Å²) in [5.41, 5.74) is 1.87. The highest BCUT2D eigenvalue weighted by Gasteiger charge is 2.36. The number of pyridine rings is 1. The van der Waals surface area contributed by atoms with Crippen LogP contribution in [0.2, 0.25) is 0 Å². The molecule has 126 valence electrons. The lowest BCUT2D eigenvalue weighted by Crippen LogP contribution is -2.34. The van der Waals surface area contributed by atoms with Crippen LogP contribution in [0, 0.1) is 11.8 Å². The number of nitrogens with zero attached hydrogens (tertiary/aromatic N) is 3. The minimum absolute atomic E-state index is 0.00888. The summed E-state index contributed by atoms with van der Waals surface area (Å²) in [5, 5.41) is 2.96. The Labute approximate surface area is 140 Å². The number of carbonyl (C=O) groups is 2. The van der Waals surface area contributed by atoms with E-state index in [4.69, 9.17) is 0 Å². The summed E-state index contributed by atoms with van der Waals surface area (Å²) in [6.45, 7) is 1.97. The van der Waals surface area contributed by atoms with Crippen LogP contribution in [-0.4, -0.2) is 45.7 Å². The highest BCUT2D eigenvalue weighted by atomic mass is 16.2. The molecule has 2 aromatic heterocycles. The van der Waals surface area contributed by atoms with Crippen molar-refractivity contribution in [3.63, 3.8) is 0 Å². The second-order valence-corrected chi connectivity index (χ2v) is 6.88. The first-order valence-electron chi connectivity index (χ1n) is 8.67. The van der Waals surface area contributed by atoms with Crippen molar-refractivity contribution in [1.82, 2.24) is 19.6 Å². The topological polar surface area (TPSA) is 66.7 Å². The summed E-state index contributed by atoms with van der Waals surface area (Å²) in [6.07, 6.45) is 7.44. The standard InChI is InChI=1S/C18H22N4O2/c23-17-9-14(11-22(17)10-13-4-5-13)18(24)19-7-6-15-12-21-8-2-1-3-16(21)20-15/h1-3,8,12-14H,4-7,9-11H2,(H,19,24)/t14-/m0/s1.